The molecule has 2 aliphatic heterocycles. The maximum absolute atomic E-state index is 12.7. The second-order valence-corrected chi connectivity index (χ2v) is 9.68. The van der Waals surface area contributed by atoms with Crippen molar-refractivity contribution >= 4 is 15.9 Å². The number of hydrogen-bond donors (Lipinski definition) is 0. The minimum Gasteiger partial charge on any atom is -0.339 e. The second kappa shape index (κ2) is 7.86. The highest BCUT2D eigenvalue weighted by Gasteiger charge is 2.36. The molecule has 0 unspecified atom stereocenters. The molecule has 2 aromatic heterocycles. The molecule has 0 bridgehead atoms. The van der Waals surface area contributed by atoms with Crippen LogP contribution in [0.25, 0.3) is 11.4 Å². The summed E-state index contributed by atoms with van der Waals surface area (Å²) in [6.07, 6.45) is 5.11. The van der Waals surface area contributed by atoms with Gasteiger partial charge in [-0.05, 0) is 49.2 Å². The maximum atomic E-state index is 12.7. The van der Waals surface area contributed by atoms with Gasteiger partial charge in [-0.1, -0.05) is 5.16 Å². The van der Waals surface area contributed by atoms with Crippen molar-refractivity contribution in [1.82, 2.24) is 24.3 Å². The number of aromatic nitrogens is 3. The highest BCUT2D eigenvalue weighted by molar-refractivity contribution is 7.89. The van der Waals surface area contributed by atoms with Crippen molar-refractivity contribution in [3.8, 4) is 11.4 Å². The first kappa shape index (κ1) is 19.8. The van der Waals surface area contributed by atoms with E-state index in [1.807, 2.05) is 6.07 Å². The van der Waals surface area contributed by atoms with E-state index in [0.29, 0.717) is 43.5 Å². The van der Waals surface area contributed by atoms with Crippen molar-refractivity contribution < 1.29 is 17.7 Å². The fourth-order valence-corrected chi connectivity index (χ4v) is 5.36. The van der Waals surface area contributed by atoms with Gasteiger partial charge >= 0.3 is 0 Å². The third kappa shape index (κ3) is 3.72. The Balaban J connectivity index is 1.22. The molecular formula is C21H21N5O4S. The van der Waals surface area contributed by atoms with Crippen molar-refractivity contribution in [2.75, 3.05) is 26.2 Å². The van der Waals surface area contributed by atoms with E-state index in [2.05, 4.69) is 15.1 Å². The minimum atomic E-state index is -3.48. The topological polar surface area (TPSA) is 110 Å². The lowest BCUT2D eigenvalue weighted by Gasteiger charge is -2.37. The number of hydrogen-bond acceptors (Lipinski definition) is 7. The largest absolute Gasteiger partial charge is 0.339 e. The third-order valence-electron chi connectivity index (χ3n) is 5.68. The summed E-state index contributed by atoms with van der Waals surface area (Å²) < 4.78 is 32.1. The van der Waals surface area contributed by atoms with E-state index in [-0.39, 0.29) is 16.7 Å². The first-order chi connectivity index (χ1) is 15.0. The number of benzene rings is 1. The predicted octanol–water partition coefficient (Wildman–Crippen LogP) is 2.16. The van der Waals surface area contributed by atoms with E-state index in [1.165, 1.54) is 16.4 Å². The lowest BCUT2D eigenvalue weighted by molar-refractivity contribution is 0.0569. The molecule has 0 aliphatic carbocycles. The molecule has 31 heavy (non-hydrogen) atoms. The molecule has 10 heteroatoms. The quantitative estimate of drug-likeness (QED) is 0.599. The van der Waals surface area contributed by atoms with Crippen molar-refractivity contribution in [2.45, 2.75) is 23.7 Å². The van der Waals surface area contributed by atoms with Crippen LogP contribution in [0.15, 0.2) is 58.2 Å². The molecule has 0 radical (unpaired) electrons. The second-order valence-electron chi connectivity index (χ2n) is 7.74. The molecular weight excluding hydrogens is 418 g/mol. The normalized spacial score (nSPS) is 17.6. The van der Waals surface area contributed by atoms with Gasteiger partial charge in [0.1, 0.15) is 0 Å². The lowest BCUT2D eigenvalue weighted by atomic mass is 9.99. The van der Waals surface area contributed by atoms with Gasteiger partial charge in [-0.2, -0.15) is 9.29 Å². The number of likely N-dealkylation sites (tertiary alicyclic amines) is 1. The first-order valence-electron chi connectivity index (χ1n) is 10.2. The monoisotopic (exact) mass is 439 g/mol. The number of carbonyl (C=O) groups is 1. The van der Waals surface area contributed by atoms with Crippen LogP contribution in [-0.4, -0.2) is 64.8 Å². The molecule has 0 saturated carbocycles. The summed E-state index contributed by atoms with van der Waals surface area (Å²) >= 11 is 0. The first-order valence-corrected chi connectivity index (χ1v) is 11.6. The summed E-state index contributed by atoms with van der Waals surface area (Å²) in [4.78, 5) is 23.1. The Bertz CT molecular complexity index is 1180. The van der Waals surface area contributed by atoms with Gasteiger partial charge in [0.2, 0.25) is 21.7 Å². The number of nitrogens with zero attached hydrogens (tertiary/aromatic N) is 5. The van der Waals surface area contributed by atoms with Crippen molar-refractivity contribution in [3.05, 3.63) is 60.2 Å². The molecule has 1 aromatic carbocycles. The molecule has 2 fully saturated rings. The number of rotatable bonds is 5. The van der Waals surface area contributed by atoms with Gasteiger partial charge in [-0.25, -0.2) is 8.42 Å². The minimum absolute atomic E-state index is 0.0170. The third-order valence-corrected chi connectivity index (χ3v) is 7.60. The lowest BCUT2D eigenvalue weighted by Crippen LogP contribution is -2.48. The Morgan fingerprint density at radius 1 is 1.06 bits per heavy atom. The molecule has 0 atom stereocenters. The molecule has 2 saturated heterocycles. The van der Waals surface area contributed by atoms with Crippen molar-refractivity contribution in [3.63, 3.8) is 0 Å². The van der Waals surface area contributed by atoms with Gasteiger partial charge in [-0.3, -0.25) is 9.78 Å². The van der Waals surface area contributed by atoms with Crippen molar-refractivity contribution in [1.29, 1.82) is 0 Å². The average molecular weight is 439 g/mol. The molecule has 9 nitrogen and oxygen atoms in total. The van der Waals surface area contributed by atoms with Crippen LogP contribution >= 0.6 is 0 Å². The van der Waals surface area contributed by atoms with Crippen molar-refractivity contribution in [2.24, 2.45) is 0 Å². The van der Waals surface area contributed by atoms with Crippen LogP contribution in [0.4, 0.5) is 0 Å². The molecule has 1 amide bonds. The summed E-state index contributed by atoms with van der Waals surface area (Å²) in [7, 11) is -3.48. The smallest absolute Gasteiger partial charge is 0.253 e. The molecule has 0 spiro atoms. The number of carbonyl (C=O) groups excluding carboxylic acids is 1. The van der Waals surface area contributed by atoms with Gasteiger partial charge in [0.25, 0.3) is 5.91 Å². The van der Waals surface area contributed by atoms with E-state index in [4.69, 9.17) is 4.52 Å². The fourth-order valence-electron chi connectivity index (χ4n) is 3.84. The van der Waals surface area contributed by atoms with Gasteiger partial charge in [0, 0.05) is 49.7 Å². The van der Waals surface area contributed by atoms with Crippen LogP contribution < -0.4 is 0 Å². The Morgan fingerprint density at radius 3 is 2.48 bits per heavy atom. The van der Waals surface area contributed by atoms with Crippen LogP contribution in [0.5, 0.6) is 0 Å². The van der Waals surface area contributed by atoms with Crippen LogP contribution in [-0.2, 0) is 10.0 Å². The Hall–Kier alpha value is -3.11. The van der Waals surface area contributed by atoms with E-state index >= 15 is 0 Å². The summed E-state index contributed by atoms with van der Waals surface area (Å²) in [5.41, 5.74) is 1.23. The van der Waals surface area contributed by atoms with Crippen LogP contribution in [0.2, 0.25) is 0 Å². The van der Waals surface area contributed by atoms with Crippen LogP contribution in [0.1, 0.15) is 35.0 Å². The number of amides is 1. The van der Waals surface area contributed by atoms with E-state index in [0.717, 1.165) is 18.4 Å². The fraction of sp³-hybridized carbons (Fsp3) is 0.333. The zero-order chi connectivity index (χ0) is 21.4. The van der Waals surface area contributed by atoms with Gasteiger partial charge < -0.3 is 9.42 Å². The van der Waals surface area contributed by atoms with Crippen LogP contribution in [0, 0.1) is 0 Å². The van der Waals surface area contributed by atoms with Crippen LogP contribution in [0.3, 0.4) is 0 Å². The molecule has 2 aliphatic rings. The van der Waals surface area contributed by atoms with E-state index < -0.39 is 10.0 Å². The van der Waals surface area contributed by atoms with Gasteiger partial charge in [0.05, 0.1) is 10.8 Å². The highest BCUT2D eigenvalue weighted by Crippen LogP contribution is 2.29. The summed E-state index contributed by atoms with van der Waals surface area (Å²) in [5, 5.41) is 3.99. The number of sulfonamides is 1. The van der Waals surface area contributed by atoms with Gasteiger partial charge in [-0.15, -0.1) is 0 Å². The highest BCUT2D eigenvalue weighted by atomic mass is 32.2. The molecule has 3 aromatic rings. The maximum Gasteiger partial charge on any atom is 0.253 e. The SMILES string of the molecule is O=C(c1ccc(S(=O)(=O)N2CCCC2)cc1)N1CC(c2nc(-c3cccnc3)no2)C1. The Morgan fingerprint density at radius 2 is 1.81 bits per heavy atom. The molecule has 4 heterocycles. The Kier molecular flexibility index (Phi) is 5.03. The predicted molar refractivity (Wildman–Crippen MR) is 111 cm³/mol. The molecule has 0 N–H and O–H groups in total. The summed E-state index contributed by atoms with van der Waals surface area (Å²) in [5.74, 6) is 0.808. The summed E-state index contributed by atoms with van der Waals surface area (Å²) in [6, 6.07) is 9.83. The zero-order valence-electron chi connectivity index (χ0n) is 16.7. The Labute approximate surface area is 179 Å². The standard InChI is InChI=1S/C21H21N5O4S/c27-21(15-5-7-18(8-6-15)31(28,29)26-10-1-2-11-26)25-13-17(14-25)20-23-19(24-30-20)16-4-3-9-22-12-16/h3-9,12,17H,1-2,10-11,13-14H2. The number of pyridine rings is 1. The average Bonchev–Trinajstić information content (AvgIpc) is 3.46. The van der Waals surface area contributed by atoms with E-state index in [1.54, 1.807) is 35.5 Å². The van der Waals surface area contributed by atoms with E-state index in [9.17, 15) is 13.2 Å². The zero-order valence-corrected chi connectivity index (χ0v) is 17.5. The molecule has 5 rings (SSSR count). The van der Waals surface area contributed by atoms with Gasteiger partial charge in [0.15, 0.2) is 0 Å². The summed E-state index contributed by atoms with van der Waals surface area (Å²) in [6.45, 7) is 2.05. The molecule has 160 valence electrons.